The molecule has 1 amide bonds. The van der Waals surface area contributed by atoms with E-state index in [0.717, 1.165) is 10.9 Å². The molecule has 0 bridgehead atoms. The lowest BCUT2D eigenvalue weighted by Crippen LogP contribution is -2.47. The lowest BCUT2D eigenvalue weighted by atomic mass is 9.99. The predicted molar refractivity (Wildman–Crippen MR) is 131 cm³/mol. The number of amides is 1. The zero-order chi connectivity index (χ0) is 23.4. The van der Waals surface area contributed by atoms with Gasteiger partial charge in [-0.1, -0.05) is 98.3 Å². The molecule has 9 heteroatoms. The fourth-order valence-corrected chi connectivity index (χ4v) is 5.76. The minimum absolute atomic E-state index is 0.143. The summed E-state index contributed by atoms with van der Waals surface area (Å²) in [5, 5.41) is 13.3. The number of anilines is 1. The highest BCUT2D eigenvalue weighted by atomic mass is 32.2. The van der Waals surface area contributed by atoms with Gasteiger partial charge in [-0.05, 0) is 17.4 Å². The number of nitrogens with one attached hydrogen (secondary N) is 2. The molecule has 1 aromatic heterocycles. The van der Waals surface area contributed by atoms with Gasteiger partial charge in [0, 0.05) is 10.9 Å². The highest BCUT2D eigenvalue weighted by Gasteiger charge is 2.31. The summed E-state index contributed by atoms with van der Waals surface area (Å²) in [5.41, 5.74) is 0.894. The maximum atomic E-state index is 13.3. The lowest BCUT2D eigenvalue weighted by molar-refractivity contribution is -0.118. The van der Waals surface area contributed by atoms with Crippen LogP contribution >= 0.6 is 11.3 Å². The Hall–Kier alpha value is -3.14. The highest BCUT2D eigenvalue weighted by Crippen LogP contribution is 2.27. The monoisotopic (exact) mass is 480 g/mol. The minimum Gasteiger partial charge on any atom is -0.299 e. The Morgan fingerprint density at radius 1 is 0.970 bits per heavy atom. The molecule has 2 atom stereocenters. The average Bonchev–Trinajstić information content (AvgIpc) is 3.30. The molecular weight excluding hydrogens is 456 g/mol. The van der Waals surface area contributed by atoms with Gasteiger partial charge >= 0.3 is 0 Å². The normalized spacial score (nSPS) is 13.5. The van der Waals surface area contributed by atoms with E-state index in [1.165, 1.54) is 11.3 Å². The molecular formula is C24H24N4O3S2. The van der Waals surface area contributed by atoms with E-state index in [9.17, 15) is 13.2 Å². The Labute approximate surface area is 196 Å². The maximum absolute atomic E-state index is 13.3. The fourth-order valence-electron chi connectivity index (χ4n) is 3.48. The average molecular weight is 481 g/mol. The first-order valence-electron chi connectivity index (χ1n) is 10.6. The fraction of sp³-hybridized carbons (Fsp3) is 0.208. The molecule has 4 rings (SSSR count). The molecule has 1 heterocycles. The maximum Gasteiger partial charge on any atom is 0.244 e. The number of carbonyl (C=O) groups is 1. The molecule has 0 spiro atoms. The van der Waals surface area contributed by atoms with Crippen LogP contribution in [0.3, 0.4) is 0 Å². The van der Waals surface area contributed by atoms with Crippen LogP contribution in [0.25, 0.3) is 21.3 Å². The van der Waals surface area contributed by atoms with Gasteiger partial charge in [-0.25, -0.2) is 8.42 Å². The minimum atomic E-state index is -3.96. The number of sulfonamides is 1. The summed E-state index contributed by atoms with van der Waals surface area (Å²) in [6.07, 6.45) is 0.613. The third-order valence-corrected chi connectivity index (χ3v) is 7.88. The van der Waals surface area contributed by atoms with E-state index in [2.05, 4.69) is 20.2 Å². The van der Waals surface area contributed by atoms with Crippen molar-refractivity contribution in [3.63, 3.8) is 0 Å². The van der Waals surface area contributed by atoms with Crippen LogP contribution in [0.5, 0.6) is 0 Å². The molecule has 0 aliphatic heterocycles. The number of aromatic nitrogens is 2. The van der Waals surface area contributed by atoms with Crippen LogP contribution in [0.1, 0.15) is 20.3 Å². The quantitative estimate of drug-likeness (QED) is 0.381. The van der Waals surface area contributed by atoms with Gasteiger partial charge in [-0.15, -0.1) is 10.2 Å². The molecule has 2 N–H and O–H groups in total. The van der Waals surface area contributed by atoms with Gasteiger partial charge in [-0.3, -0.25) is 10.1 Å². The van der Waals surface area contributed by atoms with Crippen molar-refractivity contribution in [1.82, 2.24) is 14.9 Å². The zero-order valence-corrected chi connectivity index (χ0v) is 19.9. The van der Waals surface area contributed by atoms with Gasteiger partial charge in [-0.2, -0.15) is 4.72 Å². The molecule has 0 radical (unpaired) electrons. The third-order valence-electron chi connectivity index (χ3n) is 5.49. The van der Waals surface area contributed by atoms with Crippen LogP contribution in [-0.2, 0) is 14.8 Å². The summed E-state index contributed by atoms with van der Waals surface area (Å²) >= 11 is 1.24. The number of nitrogens with zero attached hydrogens (tertiary/aromatic N) is 2. The number of hydrogen-bond donors (Lipinski definition) is 2. The summed E-state index contributed by atoms with van der Waals surface area (Å²) in [6, 6.07) is 20.9. The summed E-state index contributed by atoms with van der Waals surface area (Å²) < 4.78 is 29.2. The molecule has 3 aromatic carbocycles. The van der Waals surface area contributed by atoms with Crippen molar-refractivity contribution >= 4 is 43.2 Å². The first kappa shape index (κ1) is 23.0. The molecule has 7 nitrogen and oxygen atoms in total. The van der Waals surface area contributed by atoms with Crippen LogP contribution in [0.2, 0.25) is 0 Å². The van der Waals surface area contributed by atoms with Gasteiger partial charge in [0.15, 0.2) is 0 Å². The summed E-state index contributed by atoms with van der Waals surface area (Å²) in [6.45, 7) is 3.75. The number of benzene rings is 3. The van der Waals surface area contributed by atoms with E-state index in [4.69, 9.17) is 0 Å². The summed E-state index contributed by atoms with van der Waals surface area (Å²) in [7, 11) is -3.96. The number of hydrogen-bond acceptors (Lipinski definition) is 6. The van der Waals surface area contributed by atoms with E-state index >= 15 is 0 Å². The van der Waals surface area contributed by atoms with Crippen molar-refractivity contribution in [3.8, 4) is 10.6 Å². The van der Waals surface area contributed by atoms with E-state index < -0.39 is 22.0 Å². The molecule has 0 saturated heterocycles. The zero-order valence-electron chi connectivity index (χ0n) is 18.2. The SMILES string of the molecule is CC[C@@H](C)[C@@H](NS(=O)(=O)c1cccc2ccccc12)C(=O)Nc1nnc(-c2ccccc2)s1. The Morgan fingerprint density at radius 2 is 1.67 bits per heavy atom. The molecule has 0 unspecified atom stereocenters. The van der Waals surface area contributed by atoms with Crippen LogP contribution in [0.4, 0.5) is 5.13 Å². The standard InChI is InChI=1S/C24H24N4O3S2/c1-3-16(2)21(22(29)25-24-27-26-23(32-24)18-11-5-4-6-12-18)28-33(30,31)20-15-9-13-17-10-7-8-14-19(17)20/h4-16,21,28H,3H2,1-2H3,(H,25,27,29)/t16-,21-/m1/s1. The Morgan fingerprint density at radius 3 is 2.42 bits per heavy atom. The Bertz CT molecular complexity index is 1370. The van der Waals surface area contributed by atoms with Gasteiger partial charge < -0.3 is 0 Å². The van der Waals surface area contributed by atoms with E-state index in [1.807, 2.05) is 62.4 Å². The molecule has 0 saturated carbocycles. The van der Waals surface area contributed by atoms with Crippen molar-refractivity contribution in [2.75, 3.05) is 5.32 Å². The van der Waals surface area contributed by atoms with Crippen molar-refractivity contribution in [3.05, 3.63) is 72.8 Å². The van der Waals surface area contributed by atoms with Crippen molar-refractivity contribution in [2.45, 2.75) is 31.2 Å². The van der Waals surface area contributed by atoms with Crippen LogP contribution < -0.4 is 10.0 Å². The molecule has 0 aliphatic rings. The first-order valence-corrected chi connectivity index (χ1v) is 12.9. The smallest absolute Gasteiger partial charge is 0.244 e. The van der Waals surface area contributed by atoms with Crippen molar-refractivity contribution in [2.24, 2.45) is 5.92 Å². The van der Waals surface area contributed by atoms with Crippen LogP contribution in [0.15, 0.2) is 77.7 Å². The van der Waals surface area contributed by atoms with Crippen LogP contribution in [0, 0.1) is 5.92 Å². The predicted octanol–water partition coefficient (Wildman–Crippen LogP) is 4.69. The second kappa shape index (κ2) is 9.78. The molecule has 0 fully saturated rings. The lowest BCUT2D eigenvalue weighted by Gasteiger charge is -2.23. The van der Waals surface area contributed by atoms with E-state index in [0.29, 0.717) is 21.9 Å². The van der Waals surface area contributed by atoms with Crippen molar-refractivity contribution in [1.29, 1.82) is 0 Å². The van der Waals surface area contributed by atoms with Gasteiger partial charge in [0.1, 0.15) is 11.0 Å². The summed E-state index contributed by atoms with van der Waals surface area (Å²) in [4.78, 5) is 13.3. The molecule has 170 valence electrons. The molecule has 0 aliphatic carbocycles. The van der Waals surface area contributed by atoms with Gasteiger partial charge in [0.05, 0.1) is 4.90 Å². The second-order valence-corrected chi connectivity index (χ2v) is 10.4. The highest BCUT2D eigenvalue weighted by molar-refractivity contribution is 7.89. The second-order valence-electron chi connectivity index (χ2n) is 7.73. The Kier molecular flexibility index (Phi) is 6.83. The number of rotatable bonds is 8. The van der Waals surface area contributed by atoms with Gasteiger partial charge in [0.2, 0.25) is 21.1 Å². The topological polar surface area (TPSA) is 101 Å². The van der Waals surface area contributed by atoms with Crippen molar-refractivity contribution < 1.29 is 13.2 Å². The Balaban J connectivity index is 1.58. The third kappa shape index (κ3) is 5.11. The summed E-state index contributed by atoms with van der Waals surface area (Å²) in [5.74, 6) is -0.708. The number of carbonyl (C=O) groups excluding carboxylic acids is 1. The molecule has 33 heavy (non-hydrogen) atoms. The van der Waals surface area contributed by atoms with E-state index in [1.54, 1.807) is 24.3 Å². The molecule has 4 aromatic rings. The largest absolute Gasteiger partial charge is 0.299 e. The van der Waals surface area contributed by atoms with E-state index in [-0.39, 0.29) is 10.8 Å². The van der Waals surface area contributed by atoms with Gasteiger partial charge in [0.25, 0.3) is 0 Å². The van der Waals surface area contributed by atoms with Crippen LogP contribution in [-0.4, -0.2) is 30.6 Å². The first-order chi connectivity index (χ1) is 15.9. The number of fused-ring (bicyclic) bond motifs is 1.